The minimum atomic E-state index is -0.925. The van der Waals surface area contributed by atoms with Crippen molar-refractivity contribution in [1.82, 2.24) is 4.90 Å². The molecule has 0 spiro atoms. The highest BCUT2D eigenvalue weighted by atomic mass is 16.4. The zero-order chi connectivity index (χ0) is 18.8. The molecule has 0 aliphatic carbocycles. The van der Waals surface area contributed by atoms with E-state index in [9.17, 15) is 14.4 Å². The van der Waals surface area contributed by atoms with Crippen molar-refractivity contribution in [3.05, 3.63) is 24.3 Å². The van der Waals surface area contributed by atoms with Gasteiger partial charge in [0, 0.05) is 56.4 Å². The normalized spacial score (nSPS) is 20.8. The van der Waals surface area contributed by atoms with E-state index in [1.165, 1.54) is 0 Å². The van der Waals surface area contributed by atoms with Crippen LogP contribution in [-0.4, -0.2) is 60.5 Å². The molecule has 3 rings (SSSR count). The lowest BCUT2D eigenvalue weighted by atomic mass is 10.1. The van der Waals surface area contributed by atoms with Crippen LogP contribution in [0, 0.1) is 11.8 Å². The molecule has 2 aliphatic rings. The molecule has 140 valence electrons. The molecule has 2 amide bonds. The number of amides is 2. The summed E-state index contributed by atoms with van der Waals surface area (Å²) < 4.78 is 0. The van der Waals surface area contributed by atoms with Crippen molar-refractivity contribution in [2.45, 2.75) is 20.3 Å². The summed E-state index contributed by atoms with van der Waals surface area (Å²) in [6, 6.07) is 7.64. The highest BCUT2D eigenvalue weighted by molar-refractivity contribution is 5.99. The average molecular weight is 359 g/mol. The van der Waals surface area contributed by atoms with Crippen molar-refractivity contribution >= 4 is 29.2 Å². The van der Waals surface area contributed by atoms with E-state index in [1.54, 1.807) is 4.90 Å². The van der Waals surface area contributed by atoms with Crippen molar-refractivity contribution in [1.29, 1.82) is 0 Å². The van der Waals surface area contributed by atoms with Gasteiger partial charge in [0.1, 0.15) is 0 Å². The van der Waals surface area contributed by atoms with Gasteiger partial charge in [0.05, 0.1) is 5.92 Å². The number of nitrogens with zero attached hydrogens (tertiary/aromatic N) is 3. The number of aliphatic carboxylic acids is 1. The Kier molecular flexibility index (Phi) is 5.15. The second kappa shape index (κ2) is 7.35. The number of anilines is 2. The number of carboxylic acids is 1. The van der Waals surface area contributed by atoms with Crippen molar-refractivity contribution in [3.63, 3.8) is 0 Å². The Bertz CT molecular complexity index is 693. The molecular formula is C19H25N3O4. The lowest BCUT2D eigenvalue weighted by Crippen LogP contribution is -2.49. The first-order valence-electron chi connectivity index (χ1n) is 9.04. The number of carboxylic acid groups (broad SMARTS) is 1. The molecule has 0 aromatic heterocycles. The summed E-state index contributed by atoms with van der Waals surface area (Å²) in [6.45, 7) is 7.05. The van der Waals surface area contributed by atoms with E-state index in [2.05, 4.69) is 4.90 Å². The van der Waals surface area contributed by atoms with Crippen LogP contribution in [0.15, 0.2) is 24.3 Å². The fourth-order valence-electron chi connectivity index (χ4n) is 3.52. The van der Waals surface area contributed by atoms with E-state index in [0.29, 0.717) is 13.1 Å². The van der Waals surface area contributed by atoms with Crippen LogP contribution >= 0.6 is 0 Å². The van der Waals surface area contributed by atoms with E-state index in [4.69, 9.17) is 5.11 Å². The number of piperazine rings is 1. The van der Waals surface area contributed by atoms with Gasteiger partial charge >= 0.3 is 5.97 Å². The molecule has 26 heavy (non-hydrogen) atoms. The van der Waals surface area contributed by atoms with Gasteiger partial charge in [-0.25, -0.2) is 0 Å². The number of carbonyl (C=O) groups is 3. The molecule has 0 bridgehead atoms. The second-order valence-electron chi connectivity index (χ2n) is 7.23. The molecule has 2 aliphatic heterocycles. The summed E-state index contributed by atoms with van der Waals surface area (Å²) in [5.74, 6) is -1.49. The molecule has 7 nitrogen and oxygen atoms in total. The first-order chi connectivity index (χ1) is 12.4. The maximum Gasteiger partial charge on any atom is 0.308 e. The van der Waals surface area contributed by atoms with Crippen LogP contribution in [0.1, 0.15) is 20.3 Å². The molecule has 0 saturated carbocycles. The van der Waals surface area contributed by atoms with Crippen molar-refractivity contribution in [3.8, 4) is 0 Å². The SMILES string of the molecule is CC(C)C(=O)N1CCN(c2ccc(N3C[C@@H](C(=O)O)CC3=O)cc2)CC1. The topological polar surface area (TPSA) is 81.2 Å². The lowest BCUT2D eigenvalue weighted by molar-refractivity contribution is -0.141. The molecule has 0 unspecified atom stereocenters. The number of benzene rings is 1. The fourth-order valence-corrected chi connectivity index (χ4v) is 3.52. The number of hydrogen-bond acceptors (Lipinski definition) is 4. The lowest BCUT2D eigenvalue weighted by Gasteiger charge is -2.37. The monoisotopic (exact) mass is 359 g/mol. The maximum absolute atomic E-state index is 12.1. The number of rotatable bonds is 4. The Morgan fingerprint density at radius 3 is 2.12 bits per heavy atom. The van der Waals surface area contributed by atoms with Crippen LogP contribution in [0.25, 0.3) is 0 Å². The average Bonchev–Trinajstić information content (AvgIpc) is 3.03. The fraction of sp³-hybridized carbons (Fsp3) is 0.526. The molecule has 1 atom stereocenters. The van der Waals surface area contributed by atoms with Crippen LogP contribution in [0.4, 0.5) is 11.4 Å². The molecule has 0 radical (unpaired) electrons. The van der Waals surface area contributed by atoms with Gasteiger partial charge in [0.25, 0.3) is 0 Å². The molecule has 2 fully saturated rings. The minimum absolute atomic E-state index is 0.0217. The third-order valence-electron chi connectivity index (χ3n) is 5.09. The molecule has 2 saturated heterocycles. The third-order valence-corrected chi connectivity index (χ3v) is 5.09. The Morgan fingerprint density at radius 1 is 1.04 bits per heavy atom. The van der Waals surface area contributed by atoms with Gasteiger partial charge in [-0.1, -0.05) is 13.8 Å². The van der Waals surface area contributed by atoms with Gasteiger partial charge in [0.2, 0.25) is 11.8 Å². The third kappa shape index (κ3) is 3.66. The summed E-state index contributed by atoms with van der Waals surface area (Å²) in [6.07, 6.45) is 0.0585. The molecule has 1 N–H and O–H groups in total. The quantitative estimate of drug-likeness (QED) is 0.880. The summed E-state index contributed by atoms with van der Waals surface area (Å²) in [4.78, 5) is 40.9. The molecule has 2 heterocycles. The van der Waals surface area contributed by atoms with Gasteiger partial charge in [-0.15, -0.1) is 0 Å². The smallest absolute Gasteiger partial charge is 0.308 e. The first-order valence-corrected chi connectivity index (χ1v) is 9.04. The minimum Gasteiger partial charge on any atom is -0.481 e. The highest BCUT2D eigenvalue weighted by Crippen LogP contribution is 2.27. The Labute approximate surface area is 153 Å². The summed E-state index contributed by atoms with van der Waals surface area (Å²) in [7, 11) is 0. The summed E-state index contributed by atoms with van der Waals surface area (Å²) >= 11 is 0. The number of carbonyl (C=O) groups excluding carboxylic acids is 2. The maximum atomic E-state index is 12.1. The molecular weight excluding hydrogens is 334 g/mol. The van der Waals surface area contributed by atoms with Crippen molar-refractivity contribution < 1.29 is 19.5 Å². The second-order valence-corrected chi connectivity index (χ2v) is 7.23. The van der Waals surface area contributed by atoms with E-state index in [-0.39, 0.29) is 30.7 Å². The Balaban J connectivity index is 1.61. The van der Waals surface area contributed by atoms with E-state index in [1.807, 2.05) is 43.0 Å². The van der Waals surface area contributed by atoms with E-state index < -0.39 is 11.9 Å². The van der Waals surface area contributed by atoms with Crippen LogP contribution in [0.5, 0.6) is 0 Å². The van der Waals surface area contributed by atoms with Gasteiger partial charge in [-0.3, -0.25) is 14.4 Å². The summed E-state index contributed by atoms with van der Waals surface area (Å²) in [5, 5.41) is 9.09. The van der Waals surface area contributed by atoms with Crippen LogP contribution < -0.4 is 9.80 Å². The van der Waals surface area contributed by atoms with E-state index >= 15 is 0 Å². The first kappa shape index (κ1) is 18.2. The van der Waals surface area contributed by atoms with Gasteiger partial charge in [-0.05, 0) is 24.3 Å². The predicted octanol–water partition coefficient (Wildman–Crippen LogP) is 1.43. The standard InChI is InChI=1S/C19H25N3O4/c1-13(2)18(24)21-9-7-20(8-10-21)15-3-5-16(6-4-15)22-12-14(19(25)26)11-17(22)23/h3-6,13-14H,7-12H2,1-2H3,(H,25,26)/t14-/m0/s1. The Hall–Kier alpha value is -2.57. The Morgan fingerprint density at radius 2 is 1.62 bits per heavy atom. The number of hydrogen-bond donors (Lipinski definition) is 1. The van der Waals surface area contributed by atoms with Gasteiger partial charge in [-0.2, -0.15) is 0 Å². The molecule has 7 heteroatoms. The zero-order valence-electron chi connectivity index (χ0n) is 15.2. The highest BCUT2D eigenvalue weighted by Gasteiger charge is 2.35. The van der Waals surface area contributed by atoms with Crippen LogP contribution in [-0.2, 0) is 14.4 Å². The zero-order valence-corrected chi connectivity index (χ0v) is 15.2. The summed E-state index contributed by atoms with van der Waals surface area (Å²) in [5.41, 5.74) is 1.78. The van der Waals surface area contributed by atoms with E-state index in [0.717, 1.165) is 24.5 Å². The predicted molar refractivity (Wildman–Crippen MR) is 98.2 cm³/mol. The van der Waals surface area contributed by atoms with Crippen molar-refractivity contribution in [2.24, 2.45) is 11.8 Å². The van der Waals surface area contributed by atoms with Crippen LogP contribution in [0.3, 0.4) is 0 Å². The van der Waals surface area contributed by atoms with Crippen LogP contribution in [0.2, 0.25) is 0 Å². The molecule has 1 aromatic rings. The van der Waals surface area contributed by atoms with Gasteiger partial charge in [0.15, 0.2) is 0 Å². The molecule has 1 aromatic carbocycles. The van der Waals surface area contributed by atoms with Gasteiger partial charge < -0.3 is 19.8 Å². The van der Waals surface area contributed by atoms with Crippen molar-refractivity contribution in [2.75, 3.05) is 42.5 Å². The largest absolute Gasteiger partial charge is 0.481 e.